The van der Waals surface area contributed by atoms with Gasteiger partial charge in [-0.3, -0.25) is 14.9 Å². The second-order valence-electron chi connectivity index (χ2n) is 4.96. The summed E-state index contributed by atoms with van der Waals surface area (Å²) in [5.74, 6) is -0.298. The predicted molar refractivity (Wildman–Crippen MR) is 81.6 cm³/mol. The van der Waals surface area contributed by atoms with Gasteiger partial charge in [0.15, 0.2) is 0 Å². The zero-order valence-electron chi connectivity index (χ0n) is 11.1. The first-order chi connectivity index (χ1) is 9.74. The molecule has 2 heterocycles. The fraction of sp³-hybridized carbons (Fsp3) is 0.333. The highest BCUT2D eigenvalue weighted by Gasteiger charge is 2.25. The quantitative estimate of drug-likeness (QED) is 0.850. The van der Waals surface area contributed by atoms with Crippen LogP contribution < -0.4 is 10.2 Å². The molecule has 2 amide bonds. The number of nitrogens with zero attached hydrogens (tertiary/aromatic N) is 1. The van der Waals surface area contributed by atoms with Gasteiger partial charge in [-0.2, -0.15) is 0 Å². The number of benzene rings is 1. The Kier molecular flexibility index (Phi) is 3.78. The maximum absolute atomic E-state index is 11.6. The predicted octanol–water partition coefficient (Wildman–Crippen LogP) is 3.00. The second-order valence-corrected chi connectivity index (χ2v) is 5.97. The molecule has 0 radical (unpaired) electrons. The third-order valence-corrected chi connectivity index (χ3v) is 4.37. The standard InChI is InChI=1S/C15H16N2O2S/c18-14-13(20-15(19)16-14)10-11-6-2-3-7-12(11)17-8-4-1-5-9-17/h2-3,6-7,10H,1,4-5,8-9H2,(H,16,18,19)/b13-10-. The summed E-state index contributed by atoms with van der Waals surface area (Å²) < 4.78 is 0. The van der Waals surface area contributed by atoms with Gasteiger partial charge in [0.1, 0.15) is 0 Å². The van der Waals surface area contributed by atoms with Crippen molar-refractivity contribution in [2.45, 2.75) is 19.3 Å². The summed E-state index contributed by atoms with van der Waals surface area (Å²) in [6.45, 7) is 2.11. The van der Waals surface area contributed by atoms with Gasteiger partial charge in [0.05, 0.1) is 4.91 Å². The van der Waals surface area contributed by atoms with Crippen LogP contribution in [0.4, 0.5) is 10.5 Å². The van der Waals surface area contributed by atoms with Crippen molar-refractivity contribution in [3.05, 3.63) is 34.7 Å². The number of piperidine rings is 1. The van der Waals surface area contributed by atoms with Gasteiger partial charge in [-0.05, 0) is 48.7 Å². The Morgan fingerprint density at radius 1 is 1.10 bits per heavy atom. The molecule has 0 saturated carbocycles. The van der Waals surface area contributed by atoms with Crippen molar-refractivity contribution in [1.82, 2.24) is 5.32 Å². The number of anilines is 1. The van der Waals surface area contributed by atoms with E-state index in [1.165, 1.54) is 19.3 Å². The van der Waals surface area contributed by atoms with E-state index in [0.717, 1.165) is 36.1 Å². The smallest absolute Gasteiger partial charge is 0.290 e. The third-order valence-electron chi connectivity index (χ3n) is 3.56. The van der Waals surface area contributed by atoms with E-state index in [2.05, 4.69) is 16.3 Å². The number of carbonyl (C=O) groups is 2. The van der Waals surface area contributed by atoms with Crippen molar-refractivity contribution in [3.8, 4) is 0 Å². The van der Waals surface area contributed by atoms with E-state index in [1.807, 2.05) is 24.3 Å². The molecule has 4 nitrogen and oxygen atoms in total. The third kappa shape index (κ3) is 2.72. The monoisotopic (exact) mass is 288 g/mol. The van der Waals surface area contributed by atoms with Gasteiger partial charge in [0.2, 0.25) is 0 Å². The molecule has 2 fully saturated rings. The summed E-state index contributed by atoms with van der Waals surface area (Å²) in [4.78, 5) is 25.7. The summed E-state index contributed by atoms with van der Waals surface area (Å²) in [6.07, 6.45) is 5.51. The van der Waals surface area contributed by atoms with Crippen molar-refractivity contribution in [3.63, 3.8) is 0 Å². The maximum atomic E-state index is 11.6. The van der Waals surface area contributed by atoms with E-state index in [9.17, 15) is 9.59 Å². The van der Waals surface area contributed by atoms with Crippen LogP contribution in [0.5, 0.6) is 0 Å². The highest BCUT2D eigenvalue weighted by atomic mass is 32.2. The Morgan fingerprint density at radius 3 is 2.55 bits per heavy atom. The minimum atomic E-state index is -0.298. The maximum Gasteiger partial charge on any atom is 0.290 e. The number of para-hydroxylation sites is 1. The van der Waals surface area contributed by atoms with Crippen LogP contribution in [0, 0.1) is 0 Å². The molecule has 2 aliphatic heterocycles. The van der Waals surface area contributed by atoms with Gasteiger partial charge < -0.3 is 4.90 Å². The zero-order chi connectivity index (χ0) is 13.9. The summed E-state index contributed by atoms with van der Waals surface area (Å²) >= 11 is 0.967. The van der Waals surface area contributed by atoms with Crippen molar-refractivity contribution in [2.24, 2.45) is 0 Å². The first-order valence-electron chi connectivity index (χ1n) is 6.83. The van der Waals surface area contributed by atoms with Crippen LogP contribution in [-0.4, -0.2) is 24.2 Å². The fourth-order valence-electron chi connectivity index (χ4n) is 2.59. The van der Waals surface area contributed by atoms with Gasteiger partial charge in [-0.1, -0.05) is 18.2 Å². The molecule has 0 aromatic heterocycles. The molecule has 2 aliphatic rings. The van der Waals surface area contributed by atoms with E-state index < -0.39 is 0 Å². The number of thioether (sulfide) groups is 1. The molecule has 20 heavy (non-hydrogen) atoms. The van der Waals surface area contributed by atoms with Crippen molar-refractivity contribution >= 4 is 34.7 Å². The zero-order valence-corrected chi connectivity index (χ0v) is 11.9. The SMILES string of the molecule is O=C1NC(=O)/C(=C/c2ccccc2N2CCCCC2)S1. The van der Waals surface area contributed by atoms with E-state index in [1.54, 1.807) is 0 Å². The molecule has 3 rings (SSSR count). The number of amides is 2. The Bertz CT molecular complexity index is 577. The average molecular weight is 288 g/mol. The van der Waals surface area contributed by atoms with Crippen LogP contribution >= 0.6 is 11.8 Å². The molecule has 0 unspecified atom stereocenters. The van der Waals surface area contributed by atoms with Crippen molar-refractivity contribution < 1.29 is 9.59 Å². The second kappa shape index (κ2) is 5.71. The molecule has 1 N–H and O–H groups in total. The van der Waals surface area contributed by atoms with Crippen LogP contribution in [0.25, 0.3) is 6.08 Å². The number of hydrogen-bond acceptors (Lipinski definition) is 4. The van der Waals surface area contributed by atoms with Gasteiger partial charge >= 0.3 is 0 Å². The highest BCUT2D eigenvalue weighted by Crippen LogP contribution is 2.30. The molecule has 1 aromatic carbocycles. The first-order valence-corrected chi connectivity index (χ1v) is 7.64. The molecule has 1 aromatic rings. The molecule has 0 spiro atoms. The molecule has 0 aliphatic carbocycles. The number of imide groups is 1. The summed E-state index contributed by atoms with van der Waals surface area (Å²) in [7, 11) is 0. The lowest BCUT2D eigenvalue weighted by Crippen LogP contribution is -2.29. The molecule has 0 atom stereocenters. The Hall–Kier alpha value is -1.75. The van der Waals surface area contributed by atoms with Crippen LogP contribution in [0.1, 0.15) is 24.8 Å². The van der Waals surface area contributed by atoms with Crippen LogP contribution in [-0.2, 0) is 4.79 Å². The Labute approximate surface area is 122 Å². The van der Waals surface area contributed by atoms with Crippen molar-refractivity contribution in [1.29, 1.82) is 0 Å². The molecule has 0 bridgehead atoms. The Morgan fingerprint density at radius 2 is 1.85 bits per heavy atom. The number of hydrogen-bond donors (Lipinski definition) is 1. The van der Waals surface area contributed by atoms with Crippen LogP contribution in [0.3, 0.4) is 0 Å². The molecule has 5 heteroatoms. The van der Waals surface area contributed by atoms with Gasteiger partial charge in [0, 0.05) is 18.8 Å². The van der Waals surface area contributed by atoms with Gasteiger partial charge in [0.25, 0.3) is 11.1 Å². The average Bonchev–Trinajstić information content (AvgIpc) is 2.78. The summed E-state index contributed by atoms with van der Waals surface area (Å²) in [5.41, 5.74) is 2.15. The van der Waals surface area contributed by atoms with Gasteiger partial charge in [-0.15, -0.1) is 0 Å². The van der Waals surface area contributed by atoms with E-state index in [4.69, 9.17) is 0 Å². The highest BCUT2D eigenvalue weighted by molar-refractivity contribution is 8.18. The van der Waals surface area contributed by atoms with E-state index >= 15 is 0 Å². The number of rotatable bonds is 2. The lowest BCUT2D eigenvalue weighted by molar-refractivity contribution is -0.115. The van der Waals surface area contributed by atoms with Crippen LogP contribution in [0.2, 0.25) is 0 Å². The molecule has 2 saturated heterocycles. The topological polar surface area (TPSA) is 49.4 Å². The lowest BCUT2D eigenvalue weighted by Gasteiger charge is -2.30. The number of carbonyl (C=O) groups excluding carboxylic acids is 2. The van der Waals surface area contributed by atoms with Crippen molar-refractivity contribution in [2.75, 3.05) is 18.0 Å². The van der Waals surface area contributed by atoms with E-state index in [0.29, 0.717) is 4.91 Å². The number of nitrogens with one attached hydrogen (secondary N) is 1. The van der Waals surface area contributed by atoms with Gasteiger partial charge in [-0.25, -0.2) is 0 Å². The Balaban J connectivity index is 1.91. The fourth-order valence-corrected chi connectivity index (χ4v) is 3.27. The minimum absolute atomic E-state index is 0.295. The first kappa shape index (κ1) is 13.2. The lowest BCUT2D eigenvalue weighted by atomic mass is 10.1. The minimum Gasteiger partial charge on any atom is -0.371 e. The largest absolute Gasteiger partial charge is 0.371 e. The van der Waals surface area contributed by atoms with Crippen LogP contribution in [0.15, 0.2) is 29.2 Å². The summed E-state index contributed by atoms with van der Waals surface area (Å²) in [6, 6.07) is 8.04. The van der Waals surface area contributed by atoms with E-state index in [-0.39, 0.29) is 11.1 Å². The normalized spacial score (nSPS) is 21.4. The molecular formula is C15H16N2O2S. The summed E-state index contributed by atoms with van der Waals surface area (Å²) in [5, 5.41) is 1.99. The molecular weight excluding hydrogens is 272 g/mol. The molecule has 104 valence electrons.